The molecule has 18 heavy (non-hydrogen) atoms. The maximum Gasteiger partial charge on any atom is 0.164 e. The van der Waals surface area contributed by atoms with Crippen molar-refractivity contribution in [3.8, 4) is 0 Å². The Bertz CT molecular complexity index is 471. The average molecular weight is 251 g/mol. The van der Waals surface area contributed by atoms with Crippen LogP contribution in [0.3, 0.4) is 0 Å². The minimum absolute atomic E-state index is 0.176. The number of hydrogen-bond donors (Lipinski definition) is 0. The molecule has 1 aromatic rings. The van der Waals surface area contributed by atoms with Gasteiger partial charge in [0, 0.05) is 13.1 Å². The predicted molar refractivity (Wildman–Crippen MR) is 68.6 cm³/mol. The first-order valence-electron chi connectivity index (χ1n) is 6.09. The number of Topliss-reactive ketones (excluding diaryl/α,β-unsaturated/α-hetero) is 1. The van der Waals surface area contributed by atoms with E-state index in [1.807, 2.05) is 18.7 Å². The van der Waals surface area contributed by atoms with Gasteiger partial charge >= 0.3 is 0 Å². The van der Waals surface area contributed by atoms with Crippen LogP contribution in [-0.4, -0.2) is 31.1 Å². The van der Waals surface area contributed by atoms with Gasteiger partial charge in [-0.3, -0.25) is 4.79 Å². The first kappa shape index (κ1) is 13.0. The third-order valence-electron chi connectivity index (χ3n) is 3.11. The minimum Gasteiger partial charge on any atom is -0.372 e. The summed E-state index contributed by atoms with van der Waals surface area (Å²) in [7, 11) is 0. The molecule has 98 valence electrons. The van der Waals surface area contributed by atoms with E-state index in [2.05, 4.69) is 0 Å². The van der Waals surface area contributed by atoms with Crippen LogP contribution in [0.25, 0.3) is 0 Å². The van der Waals surface area contributed by atoms with Crippen LogP contribution >= 0.6 is 0 Å². The Kier molecular flexibility index (Phi) is 3.39. The minimum atomic E-state index is -0.454. The number of nitrogens with zero attached hydrogens (tertiary/aromatic N) is 1. The van der Waals surface area contributed by atoms with Gasteiger partial charge in [0.05, 0.1) is 23.5 Å². The fraction of sp³-hybridized carbons (Fsp3) is 0.500. The standard InChI is InChI=1S/C14H18FNO2/c1-10(17)13-11(15)5-4-6-12(13)16-7-8-18-14(2,3)9-16/h4-6H,7-9H2,1-3H3. The van der Waals surface area contributed by atoms with Crippen LogP contribution < -0.4 is 4.90 Å². The quantitative estimate of drug-likeness (QED) is 0.757. The second-order valence-electron chi connectivity index (χ2n) is 5.22. The molecular weight excluding hydrogens is 233 g/mol. The number of benzene rings is 1. The molecule has 1 heterocycles. The van der Waals surface area contributed by atoms with Gasteiger partial charge in [-0.2, -0.15) is 0 Å². The summed E-state index contributed by atoms with van der Waals surface area (Å²) in [5.74, 6) is -0.698. The van der Waals surface area contributed by atoms with Crippen molar-refractivity contribution in [1.29, 1.82) is 0 Å². The van der Waals surface area contributed by atoms with Crippen molar-refractivity contribution in [2.45, 2.75) is 26.4 Å². The van der Waals surface area contributed by atoms with Crippen LogP contribution in [0.4, 0.5) is 10.1 Å². The summed E-state index contributed by atoms with van der Waals surface area (Å²) in [5, 5.41) is 0. The van der Waals surface area contributed by atoms with Gasteiger partial charge in [0.2, 0.25) is 0 Å². The third-order valence-corrected chi connectivity index (χ3v) is 3.11. The van der Waals surface area contributed by atoms with Gasteiger partial charge in [0.25, 0.3) is 0 Å². The van der Waals surface area contributed by atoms with Crippen molar-refractivity contribution >= 4 is 11.5 Å². The summed E-state index contributed by atoms with van der Waals surface area (Å²) in [6, 6.07) is 4.76. The highest BCUT2D eigenvalue weighted by Crippen LogP contribution is 2.28. The van der Waals surface area contributed by atoms with E-state index in [1.165, 1.54) is 13.0 Å². The van der Waals surface area contributed by atoms with Crippen molar-refractivity contribution < 1.29 is 13.9 Å². The fourth-order valence-electron chi connectivity index (χ4n) is 2.35. The van der Waals surface area contributed by atoms with Crippen LogP contribution in [0.15, 0.2) is 18.2 Å². The molecule has 1 aliphatic rings. The number of ether oxygens (including phenoxy) is 1. The van der Waals surface area contributed by atoms with E-state index in [4.69, 9.17) is 4.74 Å². The molecule has 0 bridgehead atoms. The normalized spacial score (nSPS) is 18.8. The lowest BCUT2D eigenvalue weighted by Crippen LogP contribution is -2.48. The lowest BCUT2D eigenvalue weighted by molar-refractivity contribution is -0.0277. The van der Waals surface area contributed by atoms with E-state index in [1.54, 1.807) is 12.1 Å². The monoisotopic (exact) mass is 251 g/mol. The molecule has 1 aliphatic heterocycles. The summed E-state index contributed by atoms with van der Waals surface area (Å²) in [6.07, 6.45) is 0. The van der Waals surface area contributed by atoms with Crippen LogP contribution in [-0.2, 0) is 4.74 Å². The van der Waals surface area contributed by atoms with E-state index in [0.717, 1.165) is 0 Å². The van der Waals surface area contributed by atoms with Gasteiger partial charge in [-0.1, -0.05) is 6.07 Å². The van der Waals surface area contributed by atoms with Gasteiger partial charge in [-0.15, -0.1) is 0 Å². The first-order chi connectivity index (χ1) is 8.41. The summed E-state index contributed by atoms with van der Waals surface area (Å²) in [6.45, 7) is 7.29. The second-order valence-corrected chi connectivity index (χ2v) is 5.22. The first-order valence-corrected chi connectivity index (χ1v) is 6.09. The van der Waals surface area contributed by atoms with E-state index < -0.39 is 5.82 Å². The Hall–Kier alpha value is -1.42. The molecule has 0 unspecified atom stereocenters. The second kappa shape index (κ2) is 4.69. The van der Waals surface area contributed by atoms with Crippen LogP contribution in [0.2, 0.25) is 0 Å². The zero-order valence-corrected chi connectivity index (χ0v) is 11.0. The fourth-order valence-corrected chi connectivity index (χ4v) is 2.35. The van der Waals surface area contributed by atoms with Gasteiger partial charge in [0.1, 0.15) is 5.82 Å². The average Bonchev–Trinajstić information content (AvgIpc) is 2.26. The molecule has 1 aromatic carbocycles. The maximum atomic E-state index is 13.8. The molecule has 3 nitrogen and oxygen atoms in total. The molecular formula is C14H18FNO2. The van der Waals surface area contributed by atoms with E-state index in [9.17, 15) is 9.18 Å². The van der Waals surface area contributed by atoms with Gasteiger partial charge < -0.3 is 9.64 Å². The number of carbonyl (C=O) groups is 1. The molecule has 0 aliphatic carbocycles. The molecule has 0 aromatic heterocycles. The molecule has 0 radical (unpaired) electrons. The lowest BCUT2D eigenvalue weighted by Gasteiger charge is -2.40. The van der Waals surface area contributed by atoms with Crippen molar-refractivity contribution in [3.05, 3.63) is 29.6 Å². The highest BCUT2D eigenvalue weighted by atomic mass is 19.1. The topological polar surface area (TPSA) is 29.5 Å². The Morgan fingerprint density at radius 3 is 2.78 bits per heavy atom. The van der Waals surface area contributed by atoms with Crippen molar-refractivity contribution in [1.82, 2.24) is 0 Å². The Morgan fingerprint density at radius 2 is 2.17 bits per heavy atom. The molecule has 0 amide bonds. The Labute approximate surface area is 107 Å². The van der Waals surface area contributed by atoms with Gasteiger partial charge in [0.15, 0.2) is 5.78 Å². The van der Waals surface area contributed by atoms with Gasteiger partial charge in [-0.05, 0) is 32.9 Å². The molecule has 0 spiro atoms. The van der Waals surface area contributed by atoms with Crippen molar-refractivity contribution in [2.24, 2.45) is 0 Å². The largest absolute Gasteiger partial charge is 0.372 e. The zero-order valence-electron chi connectivity index (χ0n) is 11.0. The molecule has 0 saturated carbocycles. The third kappa shape index (κ3) is 2.53. The molecule has 0 atom stereocenters. The molecule has 0 N–H and O–H groups in total. The number of morpholine rings is 1. The number of ketones is 1. The summed E-state index contributed by atoms with van der Waals surface area (Å²) >= 11 is 0. The Balaban J connectivity index is 2.39. The summed E-state index contributed by atoms with van der Waals surface area (Å²) in [5.41, 5.74) is 0.563. The zero-order chi connectivity index (χ0) is 13.3. The van der Waals surface area contributed by atoms with Crippen LogP contribution in [0.5, 0.6) is 0 Å². The number of halogens is 1. The number of hydrogen-bond acceptors (Lipinski definition) is 3. The van der Waals surface area contributed by atoms with Crippen molar-refractivity contribution in [3.63, 3.8) is 0 Å². The SMILES string of the molecule is CC(=O)c1c(F)cccc1N1CCOC(C)(C)C1. The summed E-state index contributed by atoms with van der Waals surface area (Å²) in [4.78, 5) is 13.6. The number of rotatable bonds is 2. The van der Waals surface area contributed by atoms with E-state index in [-0.39, 0.29) is 16.9 Å². The smallest absolute Gasteiger partial charge is 0.164 e. The lowest BCUT2D eigenvalue weighted by atomic mass is 10.0. The molecule has 4 heteroatoms. The maximum absolute atomic E-state index is 13.8. The molecule has 1 fully saturated rings. The molecule has 2 rings (SSSR count). The number of anilines is 1. The predicted octanol–water partition coefficient (Wildman–Crippen LogP) is 2.64. The van der Waals surface area contributed by atoms with E-state index >= 15 is 0 Å². The van der Waals surface area contributed by atoms with Crippen LogP contribution in [0, 0.1) is 5.82 Å². The number of carbonyl (C=O) groups excluding carboxylic acids is 1. The highest BCUT2D eigenvalue weighted by molar-refractivity contribution is 6.00. The summed E-state index contributed by atoms with van der Waals surface area (Å²) < 4.78 is 19.4. The van der Waals surface area contributed by atoms with Gasteiger partial charge in [-0.25, -0.2) is 4.39 Å². The highest BCUT2D eigenvalue weighted by Gasteiger charge is 2.29. The molecule has 1 saturated heterocycles. The van der Waals surface area contributed by atoms with E-state index in [0.29, 0.717) is 25.4 Å². The van der Waals surface area contributed by atoms with Crippen LogP contribution in [0.1, 0.15) is 31.1 Å². The Morgan fingerprint density at radius 1 is 1.44 bits per heavy atom. The van der Waals surface area contributed by atoms with Crippen molar-refractivity contribution in [2.75, 3.05) is 24.6 Å².